The molecular weight excluding hydrogens is 398 g/mol. The zero-order chi connectivity index (χ0) is 20.8. The fraction of sp³-hybridized carbons (Fsp3) is 0.182. The average Bonchev–Trinajstić information content (AvgIpc) is 3.21. The highest BCUT2D eigenvalue weighted by molar-refractivity contribution is 7.98. The Hall–Kier alpha value is -3.39. The van der Waals surface area contributed by atoms with Gasteiger partial charge in [0.25, 0.3) is 0 Å². The molecule has 30 heavy (non-hydrogen) atoms. The molecule has 0 bridgehead atoms. The van der Waals surface area contributed by atoms with Gasteiger partial charge in [0, 0.05) is 12.8 Å². The number of nitrogens with zero attached hydrogens (tertiary/aromatic N) is 4. The Morgan fingerprint density at radius 1 is 1.07 bits per heavy atom. The Bertz CT molecular complexity index is 1130. The molecule has 152 valence electrons. The van der Waals surface area contributed by atoms with E-state index in [1.54, 1.807) is 30.2 Å². The van der Waals surface area contributed by atoms with Crippen molar-refractivity contribution in [2.24, 2.45) is 0 Å². The van der Waals surface area contributed by atoms with Gasteiger partial charge in [-0.3, -0.25) is 0 Å². The van der Waals surface area contributed by atoms with Crippen molar-refractivity contribution >= 4 is 34.7 Å². The fourth-order valence-electron chi connectivity index (χ4n) is 2.94. The van der Waals surface area contributed by atoms with Gasteiger partial charge in [-0.1, -0.05) is 60.3 Å². The first kappa shape index (κ1) is 19.9. The summed E-state index contributed by atoms with van der Waals surface area (Å²) in [5, 5.41) is 3.76. The van der Waals surface area contributed by atoms with E-state index in [9.17, 15) is 4.79 Å². The highest BCUT2D eigenvalue weighted by Crippen LogP contribution is 2.25. The lowest BCUT2D eigenvalue weighted by Gasteiger charge is -2.08. The van der Waals surface area contributed by atoms with Crippen molar-refractivity contribution in [2.75, 3.05) is 19.0 Å². The number of carbonyl (C=O) groups excluding carboxylic acids is 1. The van der Waals surface area contributed by atoms with Crippen molar-refractivity contribution in [1.82, 2.24) is 19.5 Å². The first-order chi connectivity index (χ1) is 14.7. The van der Waals surface area contributed by atoms with E-state index in [1.165, 1.54) is 5.56 Å². The normalized spacial score (nSPS) is 10.8. The van der Waals surface area contributed by atoms with E-state index >= 15 is 0 Å². The Labute approximate surface area is 178 Å². The molecule has 2 aromatic heterocycles. The molecule has 7 nitrogen and oxygen atoms in total. The van der Waals surface area contributed by atoms with Crippen LogP contribution in [0.3, 0.4) is 0 Å². The number of thioether (sulfide) groups is 1. The summed E-state index contributed by atoms with van der Waals surface area (Å²) >= 11 is 1.57. The molecule has 0 aliphatic carbocycles. The maximum atomic E-state index is 12.1. The van der Waals surface area contributed by atoms with Gasteiger partial charge in [0.15, 0.2) is 16.6 Å². The molecule has 4 rings (SSSR count). The van der Waals surface area contributed by atoms with Crippen LogP contribution in [0.1, 0.15) is 15.9 Å². The highest BCUT2D eigenvalue weighted by atomic mass is 32.2. The van der Waals surface area contributed by atoms with Crippen molar-refractivity contribution in [2.45, 2.75) is 17.5 Å². The van der Waals surface area contributed by atoms with Gasteiger partial charge in [0.05, 0.1) is 18.4 Å². The van der Waals surface area contributed by atoms with Crippen molar-refractivity contribution in [1.29, 1.82) is 0 Å². The van der Waals surface area contributed by atoms with Crippen LogP contribution < -0.4 is 5.32 Å². The third-order valence-electron chi connectivity index (χ3n) is 4.47. The predicted molar refractivity (Wildman–Crippen MR) is 118 cm³/mol. The lowest BCUT2D eigenvalue weighted by atomic mass is 10.2. The second kappa shape index (κ2) is 9.41. The monoisotopic (exact) mass is 419 g/mol. The van der Waals surface area contributed by atoms with E-state index in [0.717, 1.165) is 5.75 Å². The van der Waals surface area contributed by atoms with E-state index in [0.29, 0.717) is 34.2 Å². The number of imidazole rings is 1. The lowest BCUT2D eigenvalue weighted by Crippen LogP contribution is -2.11. The molecule has 0 aliphatic heterocycles. The van der Waals surface area contributed by atoms with Gasteiger partial charge in [-0.2, -0.15) is 0 Å². The van der Waals surface area contributed by atoms with Crippen LogP contribution >= 0.6 is 11.8 Å². The molecule has 0 radical (unpaired) electrons. The second-order valence-corrected chi connectivity index (χ2v) is 7.43. The quantitative estimate of drug-likeness (QED) is 0.262. The van der Waals surface area contributed by atoms with E-state index in [-0.39, 0.29) is 12.6 Å². The lowest BCUT2D eigenvalue weighted by molar-refractivity contribution is 0.0492. The summed E-state index contributed by atoms with van der Waals surface area (Å²) in [5.41, 5.74) is 3.14. The molecule has 0 atom stereocenters. The van der Waals surface area contributed by atoms with Crippen LogP contribution in [-0.2, 0) is 17.0 Å². The standard InChI is InChI=1S/C22H21N5O2S/c1-23-19-18-20(26-22(25-19)30-14-16-8-4-2-5-9-16)27(15-24-18)12-13-29-21(28)17-10-6-3-7-11-17/h2-11,15H,12-14H2,1H3,(H,23,25,26). The third kappa shape index (κ3) is 4.60. The molecule has 4 aromatic rings. The topological polar surface area (TPSA) is 81.9 Å². The number of hydrogen-bond donors (Lipinski definition) is 1. The van der Waals surface area contributed by atoms with Crippen LogP contribution in [-0.4, -0.2) is 39.1 Å². The first-order valence-electron chi connectivity index (χ1n) is 9.54. The Balaban J connectivity index is 1.47. The zero-order valence-corrected chi connectivity index (χ0v) is 17.3. The Morgan fingerprint density at radius 2 is 1.80 bits per heavy atom. The highest BCUT2D eigenvalue weighted by Gasteiger charge is 2.14. The molecule has 0 saturated carbocycles. The molecule has 2 aromatic carbocycles. The molecule has 0 spiro atoms. The summed E-state index contributed by atoms with van der Waals surface area (Å²) in [4.78, 5) is 25.8. The smallest absolute Gasteiger partial charge is 0.338 e. The minimum Gasteiger partial charge on any atom is -0.460 e. The zero-order valence-electron chi connectivity index (χ0n) is 16.5. The van der Waals surface area contributed by atoms with Gasteiger partial charge in [-0.15, -0.1) is 0 Å². The fourth-order valence-corrected chi connectivity index (χ4v) is 3.74. The van der Waals surface area contributed by atoms with E-state index in [2.05, 4.69) is 32.4 Å². The van der Waals surface area contributed by atoms with Gasteiger partial charge in [0.2, 0.25) is 0 Å². The summed E-state index contributed by atoms with van der Waals surface area (Å²) in [7, 11) is 1.81. The molecule has 0 amide bonds. The molecule has 0 fully saturated rings. The van der Waals surface area contributed by atoms with Crippen molar-refractivity contribution in [3.05, 3.63) is 78.1 Å². The number of anilines is 1. The summed E-state index contributed by atoms with van der Waals surface area (Å²) < 4.78 is 7.27. The molecule has 2 heterocycles. The maximum Gasteiger partial charge on any atom is 0.338 e. The van der Waals surface area contributed by atoms with Gasteiger partial charge >= 0.3 is 5.97 Å². The van der Waals surface area contributed by atoms with Crippen LogP contribution in [0.5, 0.6) is 0 Å². The molecule has 1 N–H and O–H groups in total. The second-order valence-electron chi connectivity index (χ2n) is 6.49. The van der Waals surface area contributed by atoms with Crippen LogP contribution in [0.25, 0.3) is 11.2 Å². The first-order valence-corrected chi connectivity index (χ1v) is 10.5. The van der Waals surface area contributed by atoms with Crippen LogP contribution in [0.15, 0.2) is 72.1 Å². The molecule has 0 unspecified atom stereocenters. The van der Waals surface area contributed by atoms with Gasteiger partial charge in [0.1, 0.15) is 12.1 Å². The number of fused-ring (bicyclic) bond motifs is 1. The SMILES string of the molecule is CNc1nc(SCc2ccccc2)nc2c1ncn2CCOC(=O)c1ccccc1. The van der Waals surface area contributed by atoms with E-state index in [4.69, 9.17) is 4.74 Å². The minimum atomic E-state index is -0.343. The number of rotatable bonds is 8. The van der Waals surface area contributed by atoms with Crippen molar-refractivity contribution < 1.29 is 9.53 Å². The Kier molecular flexibility index (Phi) is 6.24. The predicted octanol–water partition coefficient (Wildman–Crippen LogP) is 4.02. The Morgan fingerprint density at radius 3 is 2.53 bits per heavy atom. The van der Waals surface area contributed by atoms with Crippen LogP contribution in [0, 0.1) is 0 Å². The number of carbonyl (C=O) groups is 1. The van der Waals surface area contributed by atoms with Crippen LogP contribution in [0.2, 0.25) is 0 Å². The van der Waals surface area contributed by atoms with E-state index < -0.39 is 0 Å². The summed E-state index contributed by atoms with van der Waals surface area (Å²) in [6, 6.07) is 19.1. The van der Waals surface area contributed by atoms with Crippen molar-refractivity contribution in [3.8, 4) is 0 Å². The van der Waals surface area contributed by atoms with Gasteiger partial charge in [-0.05, 0) is 17.7 Å². The molecule has 0 saturated heterocycles. The van der Waals surface area contributed by atoms with Gasteiger partial charge < -0.3 is 14.6 Å². The number of nitrogens with one attached hydrogen (secondary N) is 1. The maximum absolute atomic E-state index is 12.1. The van der Waals surface area contributed by atoms with Crippen LogP contribution in [0.4, 0.5) is 5.82 Å². The number of benzene rings is 2. The number of hydrogen-bond acceptors (Lipinski definition) is 7. The number of ether oxygens (including phenoxy) is 1. The van der Waals surface area contributed by atoms with E-state index in [1.807, 2.05) is 48.0 Å². The minimum absolute atomic E-state index is 0.227. The number of esters is 1. The molecule has 8 heteroatoms. The number of aromatic nitrogens is 4. The van der Waals surface area contributed by atoms with Crippen molar-refractivity contribution in [3.63, 3.8) is 0 Å². The average molecular weight is 420 g/mol. The van der Waals surface area contributed by atoms with Gasteiger partial charge in [-0.25, -0.2) is 19.7 Å². The largest absolute Gasteiger partial charge is 0.460 e. The summed E-state index contributed by atoms with van der Waals surface area (Å²) in [5.74, 6) is 1.11. The molecular formula is C22H21N5O2S. The molecule has 0 aliphatic rings. The summed E-state index contributed by atoms with van der Waals surface area (Å²) in [6.07, 6.45) is 1.70. The summed E-state index contributed by atoms with van der Waals surface area (Å²) in [6.45, 7) is 0.683. The third-order valence-corrected chi connectivity index (χ3v) is 5.38.